The molecule has 0 aromatic heterocycles. The molecule has 25 atom stereocenters. The zero-order valence-electron chi connectivity index (χ0n) is 29.8. The first-order chi connectivity index (χ1) is 26.5. The standard InChI is InChI=1S/C31H54O25/c1-7-23(53-29-20(44)16(40)13(37)8(2-32)50-29)14(38)9(3-33)49-28(7)56-26-15(39)10(4-34)51-31(22(26)46)55-25-12(6-36)52-30(21(45)18(25)42)54-24-11(5-35)48-27(47)19(43)17(24)41/h7-47H,2-6H2,1H3/t7-,8?,9?,10?,11?,12?,13-,14-,15-,16?,17?,18?,19-,20-,21-,22?,23?,24+,25-,26-,27+,28-,29-,30-,31+/m0/s1. The van der Waals surface area contributed by atoms with Crippen molar-refractivity contribution in [1.29, 1.82) is 0 Å². The molecule has 328 valence electrons. The lowest BCUT2D eigenvalue weighted by Crippen LogP contribution is -2.67. The van der Waals surface area contributed by atoms with E-state index in [4.69, 9.17) is 42.6 Å². The summed E-state index contributed by atoms with van der Waals surface area (Å²) in [6.07, 6.45) is -41.9. The number of hydrogen-bond donors (Lipinski definition) is 16. The van der Waals surface area contributed by atoms with Crippen molar-refractivity contribution in [3.05, 3.63) is 0 Å². The quantitative estimate of drug-likeness (QED) is 0.0819. The molecule has 10 unspecified atom stereocenters. The third-order valence-electron chi connectivity index (χ3n) is 10.6. The summed E-state index contributed by atoms with van der Waals surface area (Å²) >= 11 is 0. The smallest absolute Gasteiger partial charge is 0.187 e. The number of hydrogen-bond acceptors (Lipinski definition) is 25. The monoisotopic (exact) mass is 826 g/mol. The number of rotatable bonds is 13. The van der Waals surface area contributed by atoms with E-state index in [2.05, 4.69) is 0 Å². The lowest BCUT2D eigenvalue weighted by atomic mass is 9.91. The van der Waals surface area contributed by atoms with Gasteiger partial charge in [0.1, 0.15) is 110 Å². The highest BCUT2D eigenvalue weighted by Crippen LogP contribution is 2.37. The van der Waals surface area contributed by atoms with Crippen LogP contribution in [0.1, 0.15) is 6.92 Å². The second-order valence-corrected chi connectivity index (χ2v) is 14.3. The molecule has 0 spiro atoms. The van der Waals surface area contributed by atoms with Crippen LogP contribution in [0.5, 0.6) is 0 Å². The first-order valence-corrected chi connectivity index (χ1v) is 17.9. The van der Waals surface area contributed by atoms with Crippen LogP contribution < -0.4 is 0 Å². The summed E-state index contributed by atoms with van der Waals surface area (Å²) in [4.78, 5) is 0. The van der Waals surface area contributed by atoms with Gasteiger partial charge in [-0.1, -0.05) is 6.92 Å². The fraction of sp³-hybridized carbons (Fsp3) is 1.00. The minimum atomic E-state index is -2.05. The van der Waals surface area contributed by atoms with Crippen molar-refractivity contribution in [1.82, 2.24) is 0 Å². The van der Waals surface area contributed by atoms with Crippen LogP contribution in [-0.4, -0.2) is 262 Å². The summed E-state index contributed by atoms with van der Waals surface area (Å²) in [5.41, 5.74) is 0. The van der Waals surface area contributed by atoms with Gasteiger partial charge in [0.15, 0.2) is 31.5 Å². The summed E-state index contributed by atoms with van der Waals surface area (Å²) in [5.74, 6) is -1.11. The van der Waals surface area contributed by atoms with Gasteiger partial charge in [0, 0.05) is 5.92 Å². The van der Waals surface area contributed by atoms with E-state index in [0.29, 0.717) is 0 Å². The Hall–Kier alpha value is -1.00. The van der Waals surface area contributed by atoms with Crippen molar-refractivity contribution < 1.29 is 124 Å². The molecule has 0 aromatic rings. The van der Waals surface area contributed by atoms with Crippen LogP contribution in [0.4, 0.5) is 0 Å². The maximum Gasteiger partial charge on any atom is 0.187 e. The van der Waals surface area contributed by atoms with Gasteiger partial charge < -0.3 is 124 Å². The van der Waals surface area contributed by atoms with E-state index in [1.54, 1.807) is 0 Å². The van der Waals surface area contributed by atoms with Crippen molar-refractivity contribution in [3.8, 4) is 0 Å². The summed E-state index contributed by atoms with van der Waals surface area (Å²) in [7, 11) is 0. The predicted molar refractivity (Wildman–Crippen MR) is 170 cm³/mol. The average Bonchev–Trinajstić information content (AvgIpc) is 3.19. The summed E-state index contributed by atoms with van der Waals surface area (Å²) in [6.45, 7) is -2.89. The molecule has 0 aromatic carbocycles. The minimum Gasteiger partial charge on any atom is -0.394 e. The third-order valence-corrected chi connectivity index (χ3v) is 10.6. The second-order valence-electron chi connectivity index (χ2n) is 14.3. The normalized spacial score (nSPS) is 53.2. The Morgan fingerprint density at radius 2 is 0.679 bits per heavy atom. The SMILES string of the molecule is C[C@H]1C(O[C@@H]2OC(CO)[C@H](O)C(O)[C@@H]2O)[C@@H](O)C(CO)O[C@H]1O[C@@H]1C(O)[C@@H](O[C@H]2C(CO)O[C@@H](O[C@@H]3C(CO)O[C@@H](O)[C@@H](O)C3O)[C@@H](O)C2O)OC(CO)[C@@H]1O. The van der Waals surface area contributed by atoms with E-state index in [1.165, 1.54) is 6.92 Å². The Labute approximate surface area is 317 Å². The fourth-order valence-corrected chi connectivity index (χ4v) is 7.26. The van der Waals surface area contributed by atoms with Crippen LogP contribution >= 0.6 is 0 Å². The van der Waals surface area contributed by atoms with Crippen LogP contribution in [0.15, 0.2) is 0 Å². The molecule has 0 saturated carbocycles. The van der Waals surface area contributed by atoms with Gasteiger partial charge in [0.25, 0.3) is 0 Å². The Kier molecular flexibility index (Phi) is 16.1. The molecule has 5 aliphatic rings. The van der Waals surface area contributed by atoms with E-state index >= 15 is 0 Å². The highest BCUT2D eigenvalue weighted by Gasteiger charge is 2.56. The molecule has 5 aliphatic heterocycles. The average molecular weight is 827 g/mol. The minimum absolute atomic E-state index is 0.783. The Bertz CT molecular complexity index is 1200. The number of ether oxygens (including phenoxy) is 9. The molecule has 5 heterocycles. The maximum absolute atomic E-state index is 11.4. The van der Waals surface area contributed by atoms with Gasteiger partial charge in [-0.15, -0.1) is 0 Å². The number of aliphatic hydroxyl groups excluding tert-OH is 16. The van der Waals surface area contributed by atoms with Gasteiger partial charge in [-0.05, 0) is 0 Å². The Morgan fingerprint density at radius 1 is 0.321 bits per heavy atom. The molecule has 0 aliphatic carbocycles. The van der Waals surface area contributed by atoms with Crippen molar-refractivity contribution in [2.75, 3.05) is 33.0 Å². The van der Waals surface area contributed by atoms with E-state index in [0.717, 1.165) is 0 Å². The molecule has 5 fully saturated rings. The van der Waals surface area contributed by atoms with Crippen molar-refractivity contribution in [2.45, 2.75) is 154 Å². The van der Waals surface area contributed by atoms with Gasteiger partial charge in [0.2, 0.25) is 0 Å². The Balaban J connectivity index is 1.30. The molecular formula is C31H54O25. The largest absolute Gasteiger partial charge is 0.394 e. The maximum atomic E-state index is 11.4. The summed E-state index contributed by atoms with van der Waals surface area (Å²) < 4.78 is 50.2. The Morgan fingerprint density at radius 3 is 1.20 bits per heavy atom. The summed E-state index contributed by atoms with van der Waals surface area (Å²) in [6, 6.07) is 0. The second kappa shape index (κ2) is 19.6. The highest BCUT2D eigenvalue weighted by molar-refractivity contribution is 4.98. The zero-order valence-corrected chi connectivity index (χ0v) is 29.8. The van der Waals surface area contributed by atoms with Crippen LogP contribution in [0.3, 0.4) is 0 Å². The molecule has 0 bridgehead atoms. The van der Waals surface area contributed by atoms with Crippen molar-refractivity contribution in [2.24, 2.45) is 5.92 Å². The first-order valence-electron chi connectivity index (χ1n) is 17.9. The van der Waals surface area contributed by atoms with E-state index in [1.807, 2.05) is 0 Å². The molecule has 56 heavy (non-hydrogen) atoms. The molecule has 0 radical (unpaired) electrons. The molecule has 25 heteroatoms. The van der Waals surface area contributed by atoms with Gasteiger partial charge in [-0.25, -0.2) is 0 Å². The van der Waals surface area contributed by atoms with Crippen molar-refractivity contribution in [3.63, 3.8) is 0 Å². The van der Waals surface area contributed by atoms with E-state index in [9.17, 15) is 81.7 Å². The first kappa shape index (κ1) is 46.1. The predicted octanol–water partition coefficient (Wildman–Crippen LogP) is -10.6. The van der Waals surface area contributed by atoms with E-state index in [-0.39, 0.29) is 0 Å². The van der Waals surface area contributed by atoms with Gasteiger partial charge in [-0.2, -0.15) is 0 Å². The van der Waals surface area contributed by atoms with Gasteiger partial charge >= 0.3 is 0 Å². The van der Waals surface area contributed by atoms with E-state index < -0.39 is 186 Å². The fourth-order valence-electron chi connectivity index (χ4n) is 7.26. The van der Waals surface area contributed by atoms with Crippen LogP contribution in [0.25, 0.3) is 0 Å². The molecule has 0 amide bonds. The lowest BCUT2D eigenvalue weighted by Gasteiger charge is -2.50. The van der Waals surface area contributed by atoms with Crippen LogP contribution in [0.2, 0.25) is 0 Å². The van der Waals surface area contributed by atoms with Crippen LogP contribution in [-0.2, 0) is 42.6 Å². The van der Waals surface area contributed by atoms with Gasteiger partial charge in [-0.3, -0.25) is 0 Å². The van der Waals surface area contributed by atoms with Crippen LogP contribution in [0, 0.1) is 5.92 Å². The molecule has 5 rings (SSSR count). The summed E-state index contributed by atoms with van der Waals surface area (Å²) in [5, 5.41) is 166. The molecule has 5 saturated heterocycles. The van der Waals surface area contributed by atoms with Gasteiger partial charge in [0.05, 0.1) is 39.1 Å². The van der Waals surface area contributed by atoms with Crippen molar-refractivity contribution >= 4 is 0 Å². The zero-order chi connectivity index (χ0) is 41.3. The lowest BCUT2D eigenvalue weighted by molar-refractivity contribution is -0.390. The topological polar surface area (TPSA) is 407 Å². The highest BCUT2D eigenvalue weighted by atomic mass is 16.8. The molecule has 16 N–H and O–H groups in total. The molecular weight excluding hydrogens is 772 g/mol. The third kappa shape index (κ3) is 9.17. The molecule has 25 nitrogen and oxygen atoms in total. The number of aliphatic hydroxyl groups is 16.